The summed E-state index contributed by atoms with van der Waals surface area (Å²) in [5.74, 6) is -0.225. The summed E-state index contributed by atoms with van der Waals surface area (Å²) >= 11 is 0. The molecule has 0 spiro atoms. The Labute approximate surface area is 106 Å². The standard InChI is InChI=1S/C6H12O2.C4H10O.C2H4O.CH4/c1-5(7)8-6(2,3)4;1-4(2,3)5;1-2-3;/h1-4H3;5H,1-3H3;2H,1H3;1H4. The van der Waals surface area contributed by atoms with Crippen molar-refractivity contribution in [2.24, 2.45) is 0 Å². The molecule has 4 nitrogen and oxygen atoms in total. The van der Waals surface area contributed by atoms with E-state index in [2.05, 4.69) is 0 Å². The number of hydrogen-bond donors (Lipinski definition) is 1. The predicted octanol–water partition coefficient (Wildman–Crippen LogP) is 2.97. The number of aliphatic hydroxyl groups is 1. The molecule has 0 bridgehead atoms. The molecule has 0 unspecified atom stereocenters. The topological polar surface area (TPSA) is 63.6 Å². The van der Waals surface area contributed by atoms with Crippen molar-refractivity contribution in [1.29, 1.82) is 0 Å². The van der Waals surface area contributed by atoms with Crippen molar-refractivity contribution in [2.75, 3.05) is 0 Å². The molecule has 0 saturated heterocycles. The van der Waals surface area contributed by atoms with Crippen LogP contribution >= 0.6 is 0 Å². The van der Waals surface area contributed by atoms with Crippen LogP contribution in [0.15, 0.2) is 0 Å². The number of ether oxygens (including phenoxy) is 1. The molecule has 0 fully saturated rings. The van der Waals surface area contributed by atoms with Gasteiger partial charge < -0.3 is 14.6 Å². The van der Waals surface area contributed by atoms with Crippen LogP contribution in [0, 0.1) is 0 Å². The quantitative estimate of drug-likeness (QED) is 0.530. The minimum absolute atomic E-state index is 0. The predicted molar refractivity (Wildman–Crippen MR) is 72.0 cm³/mol. The first kappa shape index (κ1) is 25.1. The highest BCUT2D eigenvalue weighted by Crippen LogP contribution is 2.05. The van der Waals surface area contributed by atoms with Gasteiger partial charge in [0.1, 0.15) is 11.9 Å². The molecule has 0 atom stereocenters. The highest BCUT2D eigenvalue weighted by molar-refractivity contribution is 5.66. The summed E-state index contributed by atoms with van der Waals surface area (Å²) in [6, 6.07) is 0. The first-order chi connectivity index (χ1) is 6.83. The van der Waals surface area contributed by atoms with E-state index in [9.17, 15) is 4.79 Å². The van der Waals surface area contributed by atoms with Crippen LogP contribution in [-0.2, 0) is 14.3 Å². The second-order valence-electron chi connectivity index (χ2n) is 5.11. The minimum Gasteiger partial charge on any atom is -0.460 e. The smallest absolute Gasteiger partial charge is 0.303 e. The lowest BCUT2D eigenvalue weighted by Gasteiger charge is -2.17. The molecule has 0 aromatic heterocycles. The van der Waals surface area contributed by atoms with Gasteiger partial charge in [-0.15, -0.1) is 0 Å². The second kappa shape index (κ2) is 11.6. The van der Waals surface area contributed by atoms with Crippen LogP contribution in [0.5, 0.6) is 0 Å². The molecular formula is C13H30O4. The van der Waals surface area contributed by atoms with Crippen molar-refractivity contribution in [3.63, 3.8) is 0 Å². The van der Waals surface area contributed by atoms with Crippen LogP contribution in [0.4, 0.5) is 0 Å². The fraction of sp³-hybridized carbons (Fsp3) is 0.846. The third kappa shape index (κ3) is 154. The fourth-order valence-corrected chi connectivity index (χ4v) is 0.431. The van der Waals surface area contributed by atoms with E-state index < -0.39 is 5.60 Å². The molecule has 0 aliphatic carbocycles. The molecule has 0 rings (SSSR count). The Morgan fingerprint density at radius 3 is 1.29 bits per heavy atom. The van der Waals surface area contributed by atoms with E-state index in [1.165, 1.54) is 13.8 Å². The van der Waals surface area contributed by atoms with Crippen molar-refractivity contribution in [3.8, 4) is 0 Å². The SMILES string of the molecule is C.CC(=O)OC(C)(C)C.CC(C)(C)O.CC=O. The van der Waals surface area contributed by atoms with Gasteiger partial charge in [-0.1, -0.05) is 7.43 Å². The zero-order valence-electron chi connectivity index (χ0n) is 11.7. The number of rotatable bonds is 0. The van der Waals surface area contributed by atoms with Gasteiger partial charge in [-0.3, -0.25) is 4.79 Å². The lowest BCUT2D eigenvalue weighted by atomic mass is 10.2. The van der Waals surface area contributed by atoms with E-state index in [1.54, 1.807) is 20.8 Å². The summed E-state index contributed by atoms with van der Waals surface area (Å²) in [7, 11) is 0. The second-order valence-corrected chi connectivity index (χ2v) is 5.11. The summed E-state index contributed by atoms with van der Waals surface area (Å²) < 4.78 is 4.80. The molecule has 1 N–H and O–H groups in total. The Morgan fingerprint density at radius 2 is 1.29 bits per heavy atom. The summed E-state index contributed by atoms with van der Waals surface area (Å²) in [5.41, 5.74) is -0.828. The number of aldehydes is 1. The monoisotopic (exact) mass is 250 g/mol. The van der Waals surface area contributed by atoms with Gasteiger partial charge in [0.2, 0.25) is 0 Å². The van der Waals surface area contributed by atoms with Crippen LogP contribution in [0.1, 0.15) is 62.8 Å². The average Bonchev–Trinajstić information content (AvgIpc) is 1.76. The molecule has 17 heavy (non-hydrogen) atoms. The molecule has 106 valence electrons. The highest BCUT2D eigenvalue weighted by atomic mass is 16.6. The van der Waals surface area contributed by atoms with E-state index in [0.29, 0.717) is 0 Å². The Balaban J connectivity index is -0.0000000815. The summed E-state index contributed by atoms with van der Waals surface area (Å²) in [6.07, 6.45) is 0.750. The van der Waals surface area contributed by atoms with Gasteiger partial charge in [-0.05, 0) is 48.5 Å². The number of hydrogen-bond acceptors (Lipinski definition) is 4. The third-order valence-electron chi connectivity index (χ3n) is 0.450. The van der Waals surface area contributed by atoms with Crippen LogP contribution < -0.4 is 0 Å². The third-order valence-corrected chi connectivity index (χ3v) is 0.450. The van der Waals surface area contributed by atoms with E-state index in [0.717, 1.165) is 6.29 Å². The van der Waals surface area contributed by atoms with Crippen LogP contribution in [0.3, 0.4) is 0 Å². The maximum atomic E-state index is 10.2. The van der Waals surface area contributed by atoms with Gasteiger partial charge in [0.05, 0.1) is 5.60 Å². The minimum atomic E-state index is -0.500. The number of carbonyl (C=O) groups excluding carboxylic acids is 2. The molecule has 0 amide bonds. The Bertz CT molecular complexity index is 179. The van der Waals surface area contributed by atoms with E-state index in [1.807, 2.05) is 20.8 Å². The first-order valence-corrected chi connectivity index (χ1v) is 5.15. The van der Waals surface area contributed by atoms with Crippen molar-refractivity contribution in [2.45, 2.75) is 74.0 Å². The Kier molecular flexibility index (Phi) is 17.1. The highest BCUT2D eigenvalue weighted by Gasteiger charge is 2.11. The van der Waals surface area contributed by atoms with Gasteiger partial charge in [-0.25, -0.2) is 0 Å². The van der Waals surface area contributed by atoms with Crippen molar-refractivity contribution < 1.29 is 19.4 Å². The van der Waals surface area contributed by atoms with Crippen molar-refractivity contribution in [1.82, 2.24) is 0 Å². The zero-order chi connectivity index (χ0) is 14.0. The van der Waals surface area contributed by atoms with Crippen LogP contribution in [-0.4, -0.2) is 28.6 Å². The van der Waals surface area contributed by atoms with Gasteiger partial charge in [0, 0.05) is 6.92 Å². The molecule has 0 aliphatic heterocycles. The summed E-state index contributed by atoms with van der Waals surface area (Å²) in [6.45, 7) is 13.6. The Hall–Kier alpha value is -0.900. The maximum Gasteiger partial charge on any atom is 0.303 e. The molecule has 0 saturated carbocycles. The molecule has 0 aromatic rings. The molecule has 0 heterocycles. The van der Waals surface area contributed by atoms with Crippen molar-refractivity contribution in [3.05, 3.63) is 0 Å². The normalized spacial score (nSPS) is 9.47. The number of carbonyl (C=O) groups is 2. The zero-order valence-corrected chi connectivity index (χ0v) is 11.7. The largest absolute Gasteiger partial charge is 0.460 e. The maximum absolute atomic E-state index is 10.2. The van der Waals surface area contributed by atoms with E-state index in [-0.39, 0.29) is 19.0 Å². The van der Waals surface area contributed by atoms with E-state index >= 15 is 0 Å². The van der Waals surface area contributed by atoms with Gasteiger partial charge in [0.15, 0.2) is 0 Å². The van der Waals surface area contributed by atoms with Crippen LogP contribution in [0.25, 0.3) is 0 Å². The lowest BCUT2D eigenvalue weighted by Crippen LogP contribution is -2.21. The molecule has 0 aromatic carbocycles. The molecule has 4 heteroatoms. The van der Waals surface area contributed by atoms with Gasteiger partial charge in [-0.2, -0.15) is 0 Å². The number of esters is 1. The average molecular weight is 250 g/mol. The van der Waals surface area contributed by atoms with Gasteiger partial charge >= 0.3 is 5.97 Å². The fourth-order valence-electron chi connectivity index (χ4n) is 0.431. The van der Waals surface area contributed by atoms with Crippen LogP contribution in [0.2, 0.25) is 0 Å². The Morgan fingerprint density at radius 1 is 1.12 bits per heavy atom. The first-order valence-electron chi connectivity index (χ1n) is 5.15. The molecule has 0 aliphatic rings. The van der Waals surface area contributed by atoms with Crippen molar-refractivity contribution >= 4 is 12.3 Å². The lowest BCUT2D eigenvalue weighted by molar-refractivity contribution is -0.151. The van der Waals surface area contributed by atoms with E-state index in [4.69, 9.17) is 14.6 Å². The van der Waals surface area contributed by atoms with Gasteiger partial charge in [0.25, 0.3) is 0 Å². The summed E-state index contributed by atoms with van der Waals surface area (Å²) in [5, 5.41) is 8.52. The molecule has 0 radical (unpaired) electrons. The summed E-state index contributed by atoms with van der Waals surface area (Å²) in [4.78, 5) is 19.0. The molecular weight excluding hydrogens is 220 g/mol.